The Balaban J connectivity index is 2.85. The maximum Gasteiger partial charge on any atom is 0.225 e. The van der Waals surface area contributed by atoms with Gasteiger partial charge in [-0.15, -0.1) is 0 Å². The molecule has 0 unspecified atom stereocenters. The molecule has 3 N–H and O–H groups in total. The zero-order valence-electron chi connectivity index (χ0n) is 12.3. The van der Waals surface area contributed by atoms with Crippen LogP contribution in [0.2, 0.25) is 0 Å². The van der Waals surface area contributed by atoms with Crippen molar-refractivity contribution in [1.29, 1.82) is 0 Å². The SMILES string of the molecule is CCC(C)(C)C(=O)NCc1c(C)[nH]c(NC)cc1=O. The fraction of sp³-hybridized carbons (Fsp3) is 0.571. The van der Waals surface area contributed by atoms with Gasteiger partial charge in [-0.1, -0.05) is 20.8 Å². The molecule has 106 valence electrons. The molecule has 5 heteroatoms. The Morgan fingerprint density at radius 2 is 2.05 bits per heavy atom. The lowest BCUT2D eigenvalue weighted by Gasteiger charge is -2.21. The standard InChI is InChI=1S/C14H23N3O2/c1-6-14(3,4)13(19)16-8-10-9(2)17-12(15-5)7-11(10)18/h7H,6,8H2,1-5H3,(H,16,19)(H2,15,17,18). The quantitative estimate of drug-likeness (QED) is 0.759. The molecule has 5 nitrogen and oxygen atoms in total. The Labute approximate surface area is 113 Å². The number of hydrogen-bond acceptors (Lipinski definition) is 3. The summed E-state index contributed by atoms with van der Waals surface area (Å²) in [6.07, 6.45) is 0.757. The first-order chi connectivity index (χ1) is 8.81. The summed E-state index contributed by atoms with van der Waals surface area (Å²) in [6, 6.07) is 1.50. The molecule has 0 saturated heterocycles. The van der Waals surface area contributed by atoms with Crippen molar-refractivity contribution in [2.24, 2.45) is 5.41 Å². The summed E-state index contributed by atoms with van der Waals surface area (Å²) < 4.78 is 0. The first kappa shape index (κ1) is 15.3. The summed E-state index contributed by atoms with van der Waals surface area (Å²) in [5, 5.41) is 5.72. The predicted molar refractivity (Wildman–Crippen MR) is 77.3 cm³/mol. The van der Waals surface area contributed by atoms with Gasteiger partial charge >= 0.3 is 0 Å². The van der Waals surface area contributed by atoms with Crippen molar-refractivity contribution in [2.75, 3.05) is 12.4 Å². The van der Waals surface area contributed by atoms with Gasteiger partial charge in [0.05, 0.1) is 0 Å². The second-order valence-electron chi connectivity index (χ2n) is 5.32. The van der Waals surface area contributed by atoms with Gasteiger partial charge in [0.15, 0.2) is 5.43 Å². The zero-order chi connectivity index (χ0) is 14.6. The number of carbonyl (C=O) groups is 1. The van der Waals surface area contributed by atoms with Crippen molar-refractivity contribution in [2.45, 2.75) is 40.7 Å². The van der Waals surface area contributed by atoms with Gasteiger partial charge in [-0.25, -0.2) is 0 Å². The van der Waals surface area contributed by atoms with Crippen LogP contribution in [-0.4, -0.2) is 17.9 Å². The summed E-state index contributed by atoms with van der Waals surface area (Å²) in [7, 11) is 1.75. The van der Waals surface area contributed by atoms with Crippen LogP contribution in [0.25, 0.3) is 0 Å². The van der Waals surface area contributed by atoms with Crippen LogP contribution in [0.5, 0.6) is 0 Å². The molecule has 19 heavy (non-hydrogen) atoms. The number of nitrogens with one attached hydrogen (secondary N) is 3. The first-order valence-electron chi connectivity index (χ1n) is 6.50. The van der Waals surface area contributed by atoms with Crippen LogP contribution in [0.4, 0.5) is 5.82 Å². The fourth-order valence-electron chi connectivity index (χ4n) is 1.64. The van der Waals surface area contributed by atoms with E-state index < -0.39 is 5.41 Å². The van der Waals surface area contributed by atoms with Crippen molar-refractivity contribution in [3.63, 3.8) is 0 Å². The summed E-state index contributed by atoms with van der Waals surface area (Å²) in [4.78, 5) is 27.0. The highest BCUT2D eigenvalue weighted by Gasteiger charge is 2.25. The number of hydrogen-bond donors (Lipinski definition) is 3. The number of aryl methyl sites for hydroxylation is 1. The van der Waals surface area contributed by atoms with Crippen LogP contribution in [0.15, 0.2) is 10.9 Å². The van der Waals surface area contributed by atoms with Crippen molar-refractivity contribution in [3.05, 3.63) is 27.5 Å². The van der Waals surface area contributed by atoms with Gasteiger partial charge in [-0.05, 0) is 13.3 Å². The monoisotopic (exact) mass is 265 g/mol. The minimum Gasteiger partial charge on any atom is -0.375 e. The molecule has 1 aromatic heterocycles. The fourth-order valence-corrected chi connectivity index (χ4v) is 1.64. The van der Waals surface area contributed by atoms with Crippen LogP contribution in [0.3, 0.4) is 0 Å². The van der Waals surface area contributed by atoms with E-state index in [0.29, 0.717) is 11.4 Å². The molecule has 0 aliphatic heterocycles. The number of amides is 1. The second-order valence-corrected chi connectivity index (χ2v) is 5.32. The molecular formula is C14H23N3O2. The van der Waals surface area contributed by atoms with Crippen molar-refractivity contribution in [3.8, 4) is 0 Å². The molecule has 0 fully saturated rings. The largest absolute Gasteiger partial charge is 0.375 e. The highest BCUT2D eigenvalue weighted by molar-refractivity contribution is 5.81. The second kappa shape index (κ2) is 5.91. The van der Waals surface area contributed by atoms with Gasteiger partial charge in [-0.3, -0.25) is 9.59 Å². The molecule has 0 aliphatic carbocycles. The number of carbonyl (C=O) groups excluding carboxylic acids is 1. The third-order valence-electron chi connectivity index (χ3n) is 3.54. The zero-order valence-corrected chi connectivity index (χ0v) is 12.3. The molecule has 0 radical (unpaired) electrons. The summed E-state index contributed by atoms with van der Waals surface area (Å²) >= 11 is 0. The lowest BCUT2D eigenvalue weighted by Crippen LogP contribution is -2.37. The lowest BCUT2D eigenvalue weighted by molar-refractivity contribution is -0.129. The Hall–Kier alpha value is -1.78. The molecule has 0 bridgehead atoms. The molecule has 1 aromatic rings. The summed E-state index contributed by atoms with van der Waals surface area (Å²) in [6.45, 7) is 7.84. The average Bonchev–Trinajstić information content (AvgIpc) is 2.37. The number of aromatic nitrogens is 1. The van der Waals surface area contributed by atoms with Gasteiger partial charge in [-0.2, -0.15) is 0 Å². The third-order valence-corrected chi connectivity index (χ3v) is 3.54. The van der Waals surface area contributed by atoms with E-state index in [4.69, 9.17) is 0 Å². The van der Waals surface area contributed by atoms with E-state index in [1.165, 1.54) is 6.07 Å². The first-order valence-corrected chi connectivity index (χ1v) is 6.50. The lowest BCUT2D eigenvalue weighted by atomic mass is 9.89. The highest BCUT2D eigenvalue weighted by atomic mass is 16.2. The van der Waals surface area contributed by atoms with Crippen molar-refractivity contribution < 1.29 is 4.79 Å². The normalized spacial score (nSPS) is 11.2. The number of pyridine rings is 1. The van der Waals surface area contributed by atoms with Crippen LogP contribution in [-0.2, 0) is 11.3 Å². The summed E-state index contributed by atoms with van der Waals surface area (Å²) in [5.41, 5.74) is 0.881. The van der Waals surface area contributed by atoms with Crippen molar-refractivity contribution in [1.82, 2.24) is 10.3 Å². The number of aromatic amines is 1. The molecule has 1 amide bonds. The number of anilines is 1. The maximum absolute atomic E-state index is 12.0. The smallest absolute Gasteiger partial charge is 0.225 e. The molecule has 1 heterocycles. The third kappa shape index (κ3) is 3.59. The molecule has 0 aliphatic rings. The van der Waals surface area contributed by atoms with Gasteiger partial charge < -0.3 is 15.6 Å². The predicted octanol–water partition coefficient (Wildman–Crippen LogP) is 1.78. The summed E-state index contributed by atoms with van der Waals surface area (Å²) in [5.74, 6) is 0.637. The molecule has 0 spiro atoms. The van der Waals surface area contributed by atoms with Gasteiger partial charge in [0, 0.05) is 36.3 Å². The van der Waals surface area contributed by atoms with Crippen LogP contribution >= 0.6 is 0 Å². The Morgan fingerprint density at radius 3 is 2.53 bits per heavy atom. The molecule has 0 atom stereocenters. The average molecular weight is 265 g/mol. The van der Waals surface area contributed by atoms with E-state index in [9.17, 15) is 9.59 Å². The van der Waals surface area contributed by atoms with Crippen LogP contribution in [0, 0.1) is 12.3 Å². The van der Waals surface area contributed by atoms with Gasteiger partial charge in [0.1, 0.15) is 5.82 Å². The van der Waals surface area contributed by atoms with Crippen molar-refractivity contribution >= 4 is 11.7 Å². The molecule has 0 saturated carbocycles. The highest BCUT2D eigenvalue weighted by Crippen LogP contribution is 2.19. The topological polar surface area (TPSA) is 74.0 Å². The van der Waals surface area contributed by atoms with Gasteiger partial charge in [0.2, 0.25) is 5.91 Å². The molecule has 0 aromatic carbocycles. The maximum atomic E-state index is 12.0. The van der Waals surface area contributed by atoms with Crippen LogP contribution < -0.4 is 16.1 Å². The van der Waals surface area contributed by atoms with E-state index in [1.807, 2.05) is 27.7 Å². The Morgan fingerprint density at radius 1 is 1.42 bits per heavy atom. The Kier molecular flexibility index (Phi) is 4.75. The Bertz CT molecular complexity index is 518. The number of H-pyrrole nitrogens is 1. The van der Waals surface area contributed by atoms with Gasteiger partial charge in [0.25, 0.3) is 0 Å². The molecular weight excluding hydrogens is 242 g/mol. The number of rotatable bonds is 5. The minimum atomic E-state index is -0.411. The van der Waals surface area contributed by atoms with Crippen LogP contribution in [0.1, 0.15) is 38.4 Å². The minimum absolute atomic E-state index is 0.0357. The van der Waals surface area contributed by atoms with E-state index in [0.717, 1.165) is 12.1 Å². The molecule has 1 rings (SSSR count). The van der Waals surface area contributed by atoms with E-state index >= 15 is 0 Å². The van der Waals surface area contributed by atoms with E-state index in [2.05, 4.69) is 15.6 Å². The van der Waals surface area contributed by atoms with E-state index in [-0.39, 0.29) is 17.9 Å². The van der Waals surface area contributed by atoms with E-state index in [1.54, 1.807) is 7.05 Å².